The number of carbonyl (C=O) groups excluding carboxylic acids is 1. The zero-order chi connectivity index (χ0) is 27.8. The Morgan fingerprint density at radius 2 is 1.08 bits per heavy atom. The Balaban J connectivity index is 2.22. The summed E-state index contributed by atoms with van der Waals surface area (Å²) in [6.07, 6.45) is -14.5. The zero-order valence-corrected chi connectivity index (χ0v) is 17.0. The first-order valence-corrected chi connectivity index (χ1v) is 9.15. The van der Waals surface area contributed by atoms with Gasteiger partial charge in [0.2, 0.25) is 0 Å². The van der Waals surface area contributed by atoms with E-state index < -0.39 is 47.5 Å². The average Bonchev–Trinajstić information content (AvgIpc) is 2.77. The number of benzene rings is 2. The van der Waals surface area contributed by atoms with Crippen molar-refractivity contribution in [2.75, 3.05) is 0 Å². The predicted octanol–water partition coefficient (Wildman–Crippen LogP) is 7.12. The van der Waals surface area contributed by atoms with E-state index in [-0.39, 0.29) is 12.4 Å². The van der Waals surface area contributed by atoms with Crippen LogP contribution >= 0.6 is 0 Å². The molecule has 0 unspecified atom stereocenters. The molecular formula is C20H11F13O3. The highest BCUT2D eigenvalue weighted by molar-refractivity contribution is 5.89. The van der Waals surface area contributed by atoms with Crippen LogP contribution in [0.4, 0.5) is 57.1 Å². The van der Waals surface area contributed by atoms with Crippen LogP contribution in [0.5, 0.6) is 5.75 Å². The lowest BCUT2D eigenvalue weighted by Gasteiger charge is -2.38. The molecule has 16 heteroatoms. The van der Waals surface area contributed by atoms with Gasteiger partial charge in [0.25, 0.3) is 0 Å². The van der Waals surface area contributed by atoms with Crippen LogP contribution in [0, 0.1) is 0 Å². The van der Waals surface area contributed by atoms with Crippen molar-refractivity contribution in [1.29, 1.82) is 0 Å². The summed E-state index contributed by atoms with van der Waals surface area (Å²) in [5.41, 5.74) is -0.384. The normalized spacial score (nSPS) is 13.9. The molecule has 0 bridgehead atoms. The summed E-state index contributed by atoms with van der Waals surface area (Å²) in [4.78, 5) is 11.7. The molecule has 0 atom stereocenters. The Kier molecular flexibility index (Phi) is 7.54. The fourth-order valence-electron chi connectivity index (χ4n) is 2.42. The van der Waals surface area contributed by atoms with E-state index in [1.54, 1.807) is 30.3 Å². The molecule has 2 rings (SSSR count). The van der Waals surface area contributed by atoms with Crippen molar-refractivity contribution in [2.45, 2.75) is 42.6 Å². The van der Waals surface area contributed by atoms with Gasteiger partial charge in [0, 0.05) is 0 Å². The highest BCUT2D eigenvalue weighted by Gasteiger charge is 2.92. The fraction of sp³-hybridized carbons (Fsp3) is 0.350. The summed E-state index contributed by atoms with van der Waals surface area (Å²) >= 11 is 0. The van der Waals surface area contributed by atoms with Crippen LogP contribution in [0.1, 0.15) is 15.9 Å². The van der Waals surface area contributed by atoms with Crippen molar-refractivity contribution in [2.24, 2.45) is 0 Å². The van der Waals surface area contributed by atoms with E-state index in [4.69, 9.17) is 4.74 Å². The van der Waals surface area contributed by atoms with E-state index in [2.05, 4.69) is 4.74 Å². The molecule has 0 aliphatic heterocycles. The van der Waals surface area contributed by atoms with Gasteiger partial charge in [0.05, 0.1) is 5.56 Å². The maximum absolute atomic E-state index is 13.7. The van der Waals surface area contributed by atoms with Crippen LogP contribution < -0.4 is 4.74 Å². The third-order valence-corrected chi connectivity index (χ3v) is 4.46. The number of esters is 1. The SMILES string of the molecule is O=C(OC(F)(F)C(F)(F)C(F)(F)C(F)(F)C(F)(F)C(F)(F)F)c1ccc(OCc2ccccc2)cc1. The van der Waals surface area contributed by atoms with E-state index in [1.165, 1.54) is 0 Å². The lowest BCUT2D eigenvalue weighted by molar-refractivity contribution is -0.459. The van der Waals surface area contributed by atoms with Crippen molar-refractivity contribution in [3.63, 3.8) is 0 Å². The van der Waals surface area contributed by atoms with E-state index in [0.717, 1.165) is 12.1 Å². The van der Waals surface area contributed by atoms with Crippen molar-refractivity contribution in [3.8, 4) is 5.75 Å². The van der Waals surface area contributed by atoms with Gasteiger partial charge in [-0.3, -0.25) is 0 Å². The van der Waals surface area contributed by atoms with E-state index in [0.29, 0.717) is 17.7 Å². The van der Waals surface area contributed by atoms with Gasteiger partial charge in [-0.25, -0.2) is 4.79 Å². The van der Waals surface area contributed by atoms with Crippen molar-refractivity contribution >= 4 is 5.97 Å². The standard InChI is InChI=1S/C20H11F13O3/c21-15(22,17(25,26)19(29,30)31)16(23,24)18(27,28)20(32,33)36-14(34)12-6-8-13(9-7-12)35-10-11-4-2-1-3-5-11/h1-9H,10H2. The fourth-order valence-corrected chi connectivity index (χ4v) is 2.42. The summed E-state index contributed by atoms with van der Waals surface area (Å²) in [5.74, 6) is -34.3. The van der Waals surface area contributed by atoms with Gasteiger partial charge in [0.15, 0.2) is 0 Å². The molecule has 0 spiro atoms. The molecule has 0 heterocycles. The third kappa shape index (κ3) is 5.02. The van der Waals surface area contributed by atoms with Gasteiger partial charge in [-0.05, 0) is 29.8 Å². The van der Waals surface area contributed by atoms with Gasteiger partial charge < -0.3 is 9.47 Å². The quantitative estimate of drug-likeness (QED) is 0.248. The smallest absolute Gasteiger partial charge is 0.473 e. The summed E-state index contributed by atoms with van der Waals surface area (Å²) in [6, 6.07) is 11.3. The van der Waals surface area contributed by atoms with Gasteiger partial charge in [-0.15, -0.1) is 0 Å². The number of hydrogen-bond acceptors (Lipinski definition) is 3. The number of rotatable bonds is 9. The summed E-state index contributed by atoms with van der Waals surface area (Å²) in [6.45, 7) is -0.0270. The first-order chi connectivity index (χ1) is 16.2. The first kappa shape index (κ1) is 29.0. The van der Waals surface area contributed by atoms with Gasteiger partial charge in [-0.2, -0.15) is 57.1 Å². The molecule has 0 aliphatic rings. The second-order valence-corrected chi connectivity index (χ2v) is 7.00. The molecule has 0 radical (unpaired) electrons. The molecule has 0 aliphatic carbocycles. The molecule has 2 aromatic carbocycles. The largest absolute Gasteiger partial charge is 0.489 e. The topological polar surface area (TPSA) is 35.5 Å². The maximum atomic E-state index is 13.7. The second kappa shape index (κ2) is 9.35. The lowest BCUT2D eigenvalue weighted by atomic mass is 9.97. The van der Waals surface area contributed by atoms with E-state index in [9.17, 15) is 61.9 Å². The molecule has 0 fully saturated rings. The van der Waals surface area contributed by atoms with Crippen LogP contribution in [0.25, 0.3) is 0 Å². The highest BCUT2D eigenvalue weighted by Crippen LogP contribution is 2.60. The van der Waals surface area contributed by atoms with Gasteiger partial charge in [-0.1, -0.05) is 30.3 Å². The second-order valence-electron chi connectivity index (χ2n) is 7.00. The minimum Gasteiger partial charge on any atom is -0.489 e. The van der Waals surface area contributed by atoms with Gasteiger partial charge >= 0.3 is 41.9 Å². The first-order valence-electron chi connectivity index (χ1n) is 9.15. The highest BCUT2D eigenvalue weighted by atomic mass is 19.4. The van der Waals surface area contributed by atoms with Crippen molar-refractivity contribution in [1.82, 2.24) is 0 Å². The average molecular weight is 546 g/mol. The molecule has 200 valence electrons. The Morgan fingerprint density at radius 1 is 0.611 bits per heavy atom. The molecule has 0 N–H and O–H groups in total. The number of hydrogen-bond donors (Lipinski definition) is 0. The maximum Gasteiger partial charge on any atom is 0.473 e. The summed E-state index contributed by atoms with van der Waals surface area (Å²) in [7, 11) is 0. The van der Waals surface area contributed by atoms with Crippen LogP contribution in [0.15, 0.2) is 54.6 Å². The van der Waals surface area contributed by atoms with E-state index in [1.807, 2.05) is 0 Å². The molecule has 0 amide bonds. The Hall–Kier alpha value is -3.20. The van der Waals surface area contributed by atoms with Crippen LogP contribution in [0.3, 0.4) is 0 Å². The number of carbonyl (C=O) groups is 1. The molecular weight excluding hydrogens is 535 g/mol. The molecule has 0 aromatic heterocycles. The van der Waals surface area contributed by atoms with Crippen LogP contribution in [0.2, 0.25) is 0 Å². The van der Waals surface area contributed by atoms with E-state index >= 15 is 0 Å². The zero-order valence-electron chi connectivity index (χ0n) is 17.0. The van der Waals surface area contributed by atoms with Gasteiger partial charge in [0.1, 0.15) is 12.4 Å². The van der Waals surface area contributed by atoms with Crippen LogP contribution in [-0.4, -0.2) is 41.9 Å². The summed E-state index contributed by atoms with van der Waals surface area (Å²) in [5, 5.41) is 0. The van der Waals surface area contributed by atoms with Crippen LogP contribution in [-0.2, 0) is 11.3 Å². The summed E-state index contributed by atoms with van der Waals surface area (Å²) < 4.78 is 178. The number of alkyl halides is 13. The number of halogens is 13. The molecule has 2 aromatic rings. The third-order valence-electron chi connectivity index (χ3n) is 4.46. The molecule has 0 saturated carbocycles. The van der Waals surface area contributed by atoms with Crippen molar-refractivity contribution in [3.05, 3.63) is 65.7 Å². The molecule has 36 heavy (non-hydrogen) atoms. The molecule has 0 saturated heterocycles. The Morgan fingerprint density at radius 3 is 1.56 bits per heavy atom. The number of ether oxygens (including phenoxy) is 2. The van der Waals surface area contributed by atoms with Crippen molar-refractivity contribution < 1.29 is 71.3 Å². The Bertz CT molecular complexity index is 1050. The predicted molar refractivity (Wildman–Crippen MR) is 93.4 cm³/mol. The Labute approximate surface area is 192 Å². The minimum atomic E-state index is -8.09. The molecule has 3 nitrogen and oxygen atoms in total. The lowest BCUT2D eigenvalue weighted by Crippen LogP contribution is -2.70. The monoisotopic (exact) mass is 546 g/mol. The minimum absolute atomic E-state index is 0.0203.